The summed E-state index contributed by atoms with van der Waals surface area (Å²) >= 11 is 0. The van der Waals surface area contributed by atoms with Crippen LogP contribution in [0.15, 0.2) is 18.2 Å². The maximum Gasteiger partial charge on any atom is 0.239 e. The fourth-order valence-electron chi connectivity index (χ4n) is 7.53. The smallest absolute Gasteiger partial charge is 0.239 e. The third-order valence-corrected chi connectivity index (χ3v) is 9.46. The van der Waals surface area contributed by atoms with Crippen molar-refractivity contribution in [3.05, 3.63) is 34.9 Å². The number of fused-ring (bicyclic) bond motifs is 1. The van der Waals surface area contributed by atoms with Gasteiger partial charge in [0.1, 0.15) is 12.0 Å². The Hall–Kier alpha value is -2.71. The highest BCUT2D eigenvalue weighted by atomic mass is 16.6. The number of rotatable bonds is 8. The van der Waals surface area contributed by atoms with Crippen molar-refractivity contribution in [3.63, 3.8) is 0 Å². The van der Waals surface area contributed by atoms with Crippen LogP contribution < -0.4 is 0 Å². The zero-order chi connectivity index (χ0) is 28.2. The van der Waals surface area contributed by atoms with Crippen LogP contribution in [0.4, 0.5) is 0 Å². The highest BCUT2D eigenvalue weighted by Gasteiger charge is 2.59. The van der Waals surface area contributed by atoms with Gasteiger partial charge in [0.05, 0.1) is 25.0 Å². The van der Waals surface area contributed by atoms with E-state index in [1.165, 1.54) is 6.92 Å². The number of hydrogen-bond donors (Lipinski definition) is 0. The van der Waals surface area contributed by atoms with Crippen LogP contribution in [0.25, 0.3) is 0 Å². The molecule has 0 bridgehead atoms. The summed E-state index contributed by atoms with van der Waals surface area (Å²) < 4.78 is 11.1. The third-order valence-electron chi connectivity index (χ3n) is 9.46. The minimum atomic E-state index is -0.807. The summed E-state index contributed by atoms with van der Waals surface area (Å²) in [6.45, 7) is 10.9. The first-order valence-corrected chi connectivity index (χ1v) is 14.2. The van der Waals surface area contributed by atoms with Crippen molar-refractivity contribution in [1.82, 2.24) is 4.90 Å². The number of benzene rings is 1. The average Bonchev–Trinajstić information content (AvgIpc) is 3.62. The second-order valence-corrected chi connectivity index (χ2v) is 12.4. The lowest BCUT2D eigenvalue weighted by Gasteiger charge is -2.41. The number of aryl methyl sites for hydroxylation is 2. The van der Waals surface area contributed by atoms with E-state index in [4.69, 9.17) is 9.47 Å². The van der Waals surface area contributed by atoms with Gasteiger partial charge in [-0.15, -0.1) is 0 Å². The van der Waals surface area contributed by atoms with Gasteiger partial charge in [-0.3, -0.25) is 24.0 Å². The van der Waals surface area contributed by atoms with Gasteiger partial charge in [0.25, 0.3) is 0 Å². The van der Waals surface area contributed by atoms with Crippen molar-refractivity contribution >= 4 is 29.3 Å². The molecule has 2 heterocycles. The SMILES string of the molecule is CC(=O)N1C(=O)C2CC(CC(C)COCC3CO3)C(C3C(=O)C(c4ccc(C)cc4C)C(=O)C3C)CC2C1=O. The number of nitrogens with zero attached hydrogens (tertiary/aromatic N) is 1. The van der Waals surface area contributed by atoms with E-state index in [0.29, 0.717) is 32.5 Å². The number of hydrogen-bond acceptors (Lipinski definition) is 7. The second kappa shape index (κ2) is 10.7. The van der Waals surface area contributed by atoms with Gasteiger partial charge >= 0.3 is 0 Å². The molecule has 2 saturated heterocycles. The molecule has 8 heteroatoms. The summed E-state index contributed by atoms with van der Waals surface area (Å²) in [4.78, 5) is 66.9. The van der Waals surface area contributed by atoms with Crippen LogP contribution >= 0.6 is 0 Å². The number of amides is 3. The molecule has 4 fully saturated rings. The van der Waals surface area contributed by atoms with Gasteiger partial charge < -0.3 is 9.47 Å². The van der Waals surface area contributed by atoms with E-state index >= 15 is 0 Å². The molecule has 9 atom stereocenters. The molecule has 0 N–H and O–H groups in total. The first-order chi connectivity index (χ1) is 18.5. The Bertz CT molecular complexity index is 1200. The zero-order valence-corrected chi connectivity index (χ0v) is 23.5. The first kappa shape index (κ1) is 27.8. The highest BCUT2D eigenvalue weighted by Crippen LogP contribution is 2.53. The number of Topliss-reactive ketones (excluding diaryl/α,β-unsaturated/α-hetero) is 2. The monoisotopic (exact) mass is 537 g/mol. The Morgan fingerprint density at radius 3 is 2.36 bits per heavy atom. The Labute approximate surface area is 229 Å². The quantitative estimate of drug-likeness (QED) is 0.284. The number of carbonyl (C=O) groups is 5. The van der Waals surface area contributed by atoms with Crippen LogP contribution in [-0.4, -0.2) is 60.1 Å². The van der Waals surface area contributed by atoms with Gasteiger partial charge in [0.2, 0.25) is 17.7 Å². The van der Waals surface area contributed by atoms with Crippen molar-refractivity contribution in [2.45, 2.75) is 65.9 Å². The van der Waals surface area contributed by atoms with E-state index in [1.54, 1.807) is 0 Å². The average molecular weight is 538 g/mol. The van der Waals surface area contributed by atoms with Crippen LogP contribution in [0, 0.1) is 55.3 Å². The third kappa shape index (κ3) is 5.13. The Morgan fingerprint density at radius 2 is 1.74 bits per heavy atom. The minimum absolute atomic E-state index is 0.0484. The summed E-state index contributed by atoms with van der Waals surface area (Å²) in [6, 6.07) is 5.82. The van der Waals surface area contributed by atoms with E-state index in [2.05, 4.69) is 6.92 Å². The van der Waals surface area contributed by atoms with Crippen molar-refractivity contribution < 1.29 is 33.4 Å². The van der Waals surface area contributed by atoms with Crippen LogP contribution in [0.5, 0.6) is 0 Å². The van der Waals surface area contributed by atoms with Gasteiger partial charge in [-0.25, -0.2) is 4.90 Å². The molecule has 210 valence electrons. The van der Waals surface area contributed by atoms with Gasteiger partial charge in [0.15, 0.2) is 11.6 Å². The Morgan fingerprint density at radius 1 is 1.08 bits per heavy atom. The molecule has 2 aliphatic heterocycles. The molecule has 3 amide bonds. The molecule has 39 heavy (non-hydrogen) atoms. The fraction of sp³-hybridized carbons (Fsp3) is 0.645. The molecule has 2 saturated carbocycles. The van der Waals surface area contributed by atoms with E-state index in [-0.39, 0.29) is 35.4 Å². The molecule has 8 nitrogen and oxygen atoms in total. The summed E-state index contributed by atoms with van der Waals surface area (Å²) in [5, 5.41) is 0. The van der Waals surface area contributed by atoms with Gasteiger partial charge in [-0.1, -0.05) is 37.6 Å². The number of imide groups is 3. The summed E-state index contributed by atoms with van der Waals surface area (Å²) in [5.74, 6) is -4.74. The van der Waals surface area contributed by atoms with Gasteiger partial charge in [0, 0.05) is 25.4 Å². The Kier molecular flexibility index (Phi) is 7.63. The van der Waals surface area contributed by atoms with E-state index < -0.39 is 47.3 Å². The number of carbonyl (C=O) groups excluding carboxylic acids is 5. The highest BCUT2D eigenvalue weighted by molar-refractivity contribution is 6.17. The maximum atomic E-state index is 14.1. The molecular weight excluding hydrogens is 498 g/mol. The summed E-state index contributed by atoms with van der Waals surface area (Å²) in [6.07, 6.45) is 1.64. The lowest BCUT2D eigenvalue weighted by molar-refractivity contribution is -0.149. The summed E-state index contributed by atoms with van der Waals surface area (Å²) in [7, 11) is 0. The normalized spacial score (nSPS) is 34.9. The van der Waals surface area contributed by atoms with Crippen molar-refractivity contribution in [3.8, 4) is 0 Å². The second-order valence-electron chi connectivity index (χ2n) is 12.4. The number of ether oxygens (including phenoxy) is 2. The molecule has 1 aromatic rings. The van der Waals surface area contributed by atoms with Gasteiger partial charge in [-0.2, -0.15) is 0 Å². The standard InChI is InChI=1S/C31H39NO7/c1-15-6-7-22(17(3)8-15)27-28(34)18(4)26(29(27)35)23-11-25-24(30(36)32(19(5)33)31(25)37)10-20(23)9-16(2)12-38-13-21-14-39-21/h6-8,16,18,20-21,23-27H,9-14H2,1-5H3. The maximum absolute atomic E-state index is 14.1. The Balaban J connectivity index is 1.43. The topological polar surface area (TPSA) is 110 Å². The van der Waals surface area contributed by atoms with Crippen LogP contribution in [0.2, 0.25) is 0 Å². The molecule has 4 aliphatic rings. The van der Waals surface area contributed by atoms with Crippen LogP contribution in [-0.2, 0) is 33.4 Å². The van der Waals surface area contributed by atoms with Crippen LogP contribution in [0.3, 0.4) is 0 Å². The largest absolute Gasteiger partial charge is 0.378 e. The molecule has 2 aliphatic carbocycles. The van der Waals surface area contributed by atoms with Crippen molar-refractivity contribution in [2.24, 2.45) is 41.4 Å². The molecule has 0 radical (unpaired) electrons. The number of epoxide rings is 1. The van der Waals surface area contributed by atoms with Crippen LogP contribution in [0.1, 0.15) is 62.6 Å². The fourth-order valence-corrected chi connectivity index (χ4v) is 7.53. The predicted octanol–water partition coefficient (Wildman–Crippen LogP) is 3.41. The lowest BCUT2D eigenvalue weighted by Crippen LogP contribution is -2.41. The number of ketones is 2. The van der Waals surface area contributed by atoms with Gasteiger partial charge in [-0.05, 0) is 62.0 Å². The lowest BCUT2D eigenvalue weighted by atomic mass is 9.61. The molecular formula is C31H39NO7. The molecule has 1 aromatic carbocycles. The minimum Gasteiger partial charge on any atom is -0.378 e. The molecule has 9 unspecified atom stereocenters. The van der Waals surface area contributed by atoms with E-state index in [0.717, 1.165) is 28.2 Å². The number of likely N-dealkylation sites (tertiary alicyclic amines) is 1. The summed E-state index contributed by atoms with van der Waals surface area (Å²) in [5.41, 5.74) is 2.75. The molecule has 0 aromatic heterocycles. The predicted molar refractivity (Wildman–Crippen MR) is 141 cm³/mol. The van der Waals surface area contributed by atoms with E-state index in [1.807, 2.05) is 39.0 Å². The first-order valence-electron chi connectivity index (χ1n) is 14.2. The van der Waals surface area contributed by atoms with Crippen molar-refractivity contribution in [2.75, 3.05) is 19.8 Å². The zero-order valence-electron chi connectivity index (χ0n) is 23.5. The van der Waals surface area contributed by atoms with E-state index in [9.17, 15) is 24.0 Å². The molecule has 0 spiro atoms. The molecule has 5 rings (SSSR count). The van der Waals surface area contributed by atoms with Crippen molar-refractivity contribution in [1.29, 1.82) is 0 Å².